The van der Waals surface area contributed by atoms with Crippen molar-refractivity contribution in [3.63, 3.8) is 0 Å². The molecule has 1 saturated heterocycles. The molecule has 0 unspecified atom stereocenters. The van der Waals surface area contributed by atoms with Crippen LogP contribution >= 0.6 is 0 Å². The number of ether oxygens (including phenoxy) is 2. The lowest BCUT2D eigenvalue weighted by atomic mass is 10.1. The normalized spacial score (nSPS) is 20.0. The highest BCUT2D eigenvalue weighted by Crippen LogP contribution is 2.22. The summed E-state index contributed by atoms with van der Waals surface area (Å²) in [7, 11) is -2.09. The fourth-order valence-corrected chi connectivity index (χ4v) is 5.23. The van der Waals surface area contributed by atoms with Crippen LogP contribution in [-0.2, 0) is 21.2 Å². The molecule has 1 aliphatic rings. The highest BCUT2D eigenvalue weighted by Gasteiger charge is 2.32. The van der Waals surface area contributed by atoms with E-state index in [0.717, 1.165) is 11.3 Å². The van der Waals surface area contributed by atoms with E-state index in [2.05, 4.69) is 5.32 Å². The van der Waals surface area contributed by atoms with Gasteiger partial charge in [0.2, 0.25) is 10.0 Å². The van der Waals surface area contributed by atoms with E-state index in [4.69, 9.17) is 9.47 Å². The zero-order valence-corrected chi connectivity index (χ0v) is 18.3. The van der Waals surface area contributed by atoms with Crippen LogP contribution < -0.4 is 10.1 Å². The molecule has 162 valence electrons. The van der Waals surface area contributed by atoms with E-state index in [9.17, 15) is 13.2 Å². The highest BCUT2D eigenvalue weighted by molar-refractivity contribution is 7.89. The summed E-state index contributed by atoms with van der Waals surface area (Å²) in [4.78, 5) is 12.7. The van der Waals surface area contributed by atoms with Crippen molar-refractivity contribution in [2.45, 2.75) is 37.4 Å². The zero-order valence-electron chi connectivity index (χ0n) is 17.5. The lowest BCUT2D eigenvalue weighted by Crippen LogP contribution is -2.48. The number of para-hydroxylation sites is 1. The molecule has 0 radical (unpaired) electrons. The van der Waals surface area contributed by atoms with Crippen molar-refractivity contribution in [3.8, 4) is 5.75 Å². The fraction of sp³-hybridized carbons (Fsp3) is 0.409. The molecule has 30 heavy (non-hydrogen) atoms. The second-order valence-corrected chi connectivity index (χ2v) is 9.36. The van der Waals surface area contributed by atoms with Gasteiger partial charge in [-0.05, 0) is 50.1 Å². The maximum atomic E-state index is 13.0. The van der Waals surface area contributed by atoms with Crippen molar-refractivity contribution in [2.75, 3.05) is 26.7 Å². The summed E-state index contributed by atoms with van der Waals surface area (Å²) >= 11 is 0. The van der Waals surface area contributed by atoms with Crippen LogP contribution in [0, 0.1) is 0 Å². The Morgan fingerprint density at radius 2 is 1.83 bits per heavy atom. The summed E-state index contributed by atoms with van der Waals surface area (Å²) in [5, 5.41) is 2.85. The molecule has 0 saturated carbocycles. The molecule has 1 N–H and O–H groups in total. The SMILES string of the molecule is COc1ccccc1CCNC(=O)c1cccc(S(=O)(=O)N2C[C@@H](C)O[C@H](C)C2)c1. The second-order valence-electron chi connectivity index (χ2n) is 7.42. The Bertz CT molecular complexity index is 983. The predicted octanol–water partition coefficient (Wildman–Crippen LogP) is 2.47. The lowest BCUT2D eigenvalue weighted by Gasteiger charge is -2.34. The van der Waals surface area contributed by atoms with Crippen LogP contribution in [-0.4, -0.2) is 57.6 Å². The lowest BCUT2D eigenvalue weighted by molar-refractivity contribution is -0.0440. The highest BCUT2D eigenvalue weighted by atomic mass is 32.2. The largest absolute Gasteiger partial charge is 0.496 e. The number of hydrogen-bond acceptors (Lipinski definition) is 5. The number of amides is 1. The maximum absolute atomic E-state index is 13.0. The van der Waals surface area contributed by atoms with Gasteiger partial charge in [0.05, 0.1) is 24.2 Å². The minimum absolute atomic E-state index is 0.112. The van der Waals surface area contributed by atoms with Crippen LogP contribution in [0.5, 0.6) is 5.75 Å². The third-order valence-corrected chi connectivity index (χ3v) is 6.82. The number of nitrogens with zero attached hydrogens (tertiary/aromatic N) is 1. The van der Waals surface area contributed by atoms with Gasteiger partial charge in [0.25, 0.3) is 5.91 Å². The van der Waals surface area contributed by atoms with Crippen molar-refractivity contribution in [3.05, 3.63) is 59.7 Å². The van der Waals surface area contributed by atoms with Gasteiger partial charge in [-0.2, -0.15) is 4.31 Å². The summed E-state index contributed by atoms with van der Waals surface area (Å²) in [6, 6.07) is 13.8. The standard InChI is InChI=1S/C22H28N2O5S/c1-16-14-24(15-17(2)29-16)30(26,27)20-9-6-8-19(13-20)22(25)23-12-11-18-7-4-5-10-21(18)28-3/h4-10,13,16-17H,11-12,14-15H2,1-3H3,(H,23,25)/t16-,17-/m1/s1. The second kappa shape index (κ2) is 9.59. The van der Waals surface area contributed by atoms with Gasteiger partial charge in [0, 0.05) is 25.2 Å². The van der Waals surface area contributed by atoms with Crippen LogP contribution in [0.15, 0.2) is 53.4 Å². The van der Waals surface area contributed by atoms with Crippen molar-refractivity contribution in [1.82, 2.24) is 9.62 Å². The summed E-state index contributed by atoms with van der Waals surface area (Å²) in [5.74, 6) is 0.458. The molecule has 2 atom stereocenters. The third kappa shape index (κ3) is 5.19. The summed E-state index contributed by atoms with van der Waals surface area (Å²) in [5.41, 5.74) is 1.30. The fourth-order valence-electron chi connectivity index (χ4n) is 3.60. The Morgan fingerprint density at radius 3 is 2.53 bits per heavy atom. The van der Waals surface area contributed by atoms with E-state index in [-0.39, 0.29) is 23.0 Å². The first-order chi connectivity index (χ1) is 14.3. The Labute approximate surface area is 178 Å². The van der Waals surface area contributed by atoms with Gasteiger partial charge in [-0.25, -0.2) is 8.42 Å². The summed E-state index contributed by atoms with van der Waals surface area (Å²) in [6.45, 7) is 4.70. The van der Waals surface area contributed by atoms with Crippen LogP contribution in [0.2, 0.25) is 0 Å². The Balaban J connectivity index is 1.67. The number of methoxy groups -OCH3 is 1. The van der Waals surface area contributed by atoms with Crippen LogP contribution in [0.25, 0.3) is 0 Å². The molecule has 1 aliphatic heterocycles. The molecule has 1 heterocycles. The third-order valence-electron chi connectivity index (χ3n) is 4.99. The molecule has 2 aromatic rings. The number of carbonyl (C=O) groups excluding carboxylic acids is 1. The maximum Gasteiger partial charge on any atom is 0.251 e. The molecule has 7 nitrogen and oxygen atoms in total. The molecule has 2 aromatic carbocycles. The first kappa shape index (κ1) is 22.3. The van der Waals surface area contributed by atoms with Crippen molar-refractivity contribution >= 4 is 15.9 Å². The van der Waals surface area contributed by atoms with E-state index in [0.29, 0.717) is 31.6 Å². The van der Waals surface area contributed by atoms with Crippen molar-refractivity contribution in [2.24, 2.45) is 0 Å². The smallest absolute Gasteiger partial charge is 0.251 e. The van der Waals surface area contributed by atoms with E-state index >= 15 is 0 Å². The van der Waals surface area contributed by atoms with Crippen molar-refractivity contribution in [1.29, 1.82) is 0 Å². The Morgan fingerprint density at radius 1 is 1.13 bits per heavy atom. The minimum Gasteiger partial charge on any atom is -0.496 e. The molecule has 0 spiro atoms. The first-order valence-corrected chi connectivity index (χ1v) is 11.4. The van der Waals surface area contributed by atoms with Gasteiger partial charge in [0.15, 0.2) is 0 Å². The summed E-state index contributed by atoms with van der Waals surface area (Å²) in [6.07, 6.45) is 0.257. The van der Waals surface area contributed by atoms with Gasteiger partial charge < -0.3 is 14.8 Å². The van der Waals surface area contributed by atoms with Gasteiger partial charge in [0.1, 0.15) is 5.75 Å². The Hall–Kier alpha value is -2.42. The number of morpholine rings is 1. The average Bonchev–Trinajstić information content (AvgIpc) is 2.73. The number of hydrogen-bond donors (Lipinski definition) is 1. The zero-order chi connectivity index (χ0) is 21.7. The predicted molar refractivity (Wildman–Crippen MR) is 114 cm³/mol. The molecule has 0 aromatic heterocycles. The van der Waals surface area contributed by atoms with Gasteiger partial charge >= 0.3 is 0 Å². The number of carbonyl (C=O) groups is 1. The van der Waals surface area contributed by atoms with Crippen LogP contribution in [0.4, 0.5) is 0 Å². The minimum atomic E-state index is -3.70. The molecule has 0 aliphatic carbocycles. The average molecular weight is 433 g/mol. The quantitative estimate of drug-likeness (QED) is 0.727. The number of rotatable bonds is 7. The number of nitrogens with one attached hydrogen (secondary N) is 1. The molecule has 3 rings (SSSR count). The number of benzene rings is 2. The topological polar surface area (TPSA) is 84.9 Å². The first-order valence-electron chi connectivity index (χ1n) is 9.97. The van der Waals surface area contributed by atoms with Gasteiger partial charge in [-0.15, -0.1) is 0 Å². The monoisotopic (exact) mass is 432 g/mol. The molecule has 1 fully saturated rings. The Kier molecular flexibility index (Phi) is 7.12. The van der Waals surface area contributed by atoms with E-state index in [1.54, 1.807) is 19.2 Å². The van der Waals surface area contributed by atoms with Gasteiger partial charge in [-0.1, -0.05) is 24.3 Å². The molecule has 1 amide bonds. The van der Waals surface area contributed by atoms with E-state index in [1.807, 2.05) is 38.1 Å². The molecule has 0 bridgehead atoms. The molecule has 8 heteroatoms. The van der Waals surface area contributed by atoms with Gasteiger partial charge in [-0.3, -0.25) is 4.79 Å². The number of sulfonamides is 1. The molecular weight excluding hydrogens is 404 g/mol. The van der Waals surface area contributed by atoms with Crippen molar-refractivity contribution < 1.29 is 22.7 Å². The van der Waals surface area contributed by atoms with Crippen LogP contribution in [0.1, 0.15) is 29.8 Å². The van der Waals surface area contributed by atoms with Crippen LogP contribution in [0.3, 0.4) is 0 Å². The van der Waals surface area contributed by atoms with E-state index in [1.165, 1.54) is 16.4 Å². The molecular formula is C22H28N2O5S. The summed E-state index contributed by atoms with van der Waals surface area (Å²) < 4.78 is 38.5. The van der Waals surface area contributed by atoms with E-state index < -0.39 is 10.0 Å².